The first-order chi connectivity index (χ1) is 10.5. The van der Waals surface area contributed by atoms with Crippen LogP contribution in [-0.4, -0.2) is 25.1 Å². The number of aryl methyl sites for hydroxylation is 2. The molecule has 2 rings (SSSR count). The number of esters is 1. The lowest BCUT2D eigenvalue weighted by Gasteiger charge is -2.06. The molecule has 0 radical (unpaired) electrons. The minimum atomic E-state index is -0.358. The monoisotopic (exact) mass is 316 g/mol. The Hall–Kier alpha value is -2.14. The molecule has 116 valence electrons. The molecule has 0 amide bonds. The Balaban J connectivity index is 2.55. The molecule has 1 aromatic heterocycles. The minimum Gasteiger partial charge on any atom is -0.466 e. The highest BCUT2D eigenvalue weighted by atomic mass is 32.1. The number of hydrogen-bond donors (Lipinski definition) is 1. The Morgan fingerprint density at radius 3 is 2.64 bits per heavy atom. The van der Waals surface area contributed by atoms with E-state index in [2.05, 4.69) is 42.3 Å². The smallest absolute Gasteiger partial charge is 0.330 e. The molecule has 0 unspecified atom stereocenters. The van der Waals surface area contributed by atoms with E-state index in [0.29, 0.717) is 0 Å². The van der Waals surface area contributed by atoms with Gasteiger partial charge in [0.25, 0.3) is 0 Å². The van der Waals surface area contributed by atoms with Gasteiger partial charge in [0, 0.05) is 18.7 Å². The number of carbonyl (C=O) groups excluding carboxylic acids is 1. The van der Waals surface area contributed by atoms with Crippen LogP contribution in [0.4, 0.5) is 5.13 Å². The van der Waals surface area contributed by atoms with Crippen molar-refractivity contribution in [1.29, 1.82) is 0 Å². The molecule has 0 spiro atoms. The fourth-order valence-electron chi connectivity index (χ4n) is 2.08. The number of allylic oxidation sites excluding steroid dienone is 1. The molecule has 1 aromatic carbocycles. The summed E-state index contributed by atoms with van der Waals surface area (Å²) >= 11 is 1.53. The van der Waals surface area contributed by atoms with Crippen LogP contribution in [0.1, 0.15) is 22.9 Å². The zero-order valence-electron chi connectivity index (χ0n) is 13.5. The van der Waals surface area contributed by atoms with Gasteiger partial charge in [-0.1, -0.05) is 23.5 Å². The first-order valence-electron chi connectivity index (χ1n) is 6.99. The maximum absolute atomic E-state index is 11.5. The van der Waals surface area contributed by atoms with E-state index in [-0.39, 0.29) is 5.97 Å². The van der Waals surface area contributed by atoms with Crippen LogP contribution >= 0.6 is 11.3 Å². The fraction of sp³-hybridized carbons (Fsp3) is 0.294. The number of hydrogen-bond acceptors (Lipinski definition) is 5. The lowest BCUT2D eigenvalue weighted by molar-refractivity contribution is -0.134. The number of thiazole rings is 1. The Morgan fingerprint density at radius 1 is 1.32 bits per heavy atom. The number of anilines is 1. The van der Waals surface area contributed by atoms with E-state index in [4.69, 9.17) is 4.74 Å². The topological polar surface area (TPSA) is 51.2 Å². The Labute approximate surface area is 134 Å². The van der Waals surface area contributed by atoms with E-state index in [9.17, 15) is 4.79 Å². The largest absolute Gasteiger partial charge is 0.466 e. The Morgan fingerprint density at radius 2 is 2.05 bits per heavy atom. The van der Waals surface area contributed by atoms with Gasteiger partial charge in [-0.05, 0) is 43.5 Å². The molecule has 22 heavy (non-hydrogen) atoms. The lowest BCUT2D eigenvalue weighted by atomic mass is 10.0. The number of methoxy groups -OCH3 is 1. The predicted octanol–water partition coefficient (Wildman–Crippen LogP) is 4.04. The lowest BCUT2D eigenvalue weighted by Crippen LogP contribution is -1.96. The molecule has 0 saturated carbocycles. The van der Waals surface area contributed by atoms with E-state index in [1.165, 1.54) is 35.6 Å². The summed E-state index contributed by atoms with van der Waals surface area (Å²) in [6.07, 6.45) is 1.50. The second-order valence-electron chi connectivity index (χ2n) is 5.10. The van der Waals surface area contributed by atoms with Gasteiger partial charge in [-0.25, -0.2) is 9.78 Å². The first-order valence-corrected chi connectivity index (χ1v) is 7.80. The van der Waals surface area contributed by atoms with E-state index in [1.807, 2.05) is 14.0 Å². The average Bonchev–Trinajstić information content (AvgIpc) is 2.94. The summed E-state index contributed by atoms with van der Waals surface area (Å²) in [5, 5.41) is 3.89. The van der Waals surface area contributed by atoms with Gasteiger partial charge in [-0.15, -0.1) is 0 Å². The summed E-state index contributed by atoms with van der Waals surface area (Å²) < 4.78 is 4.71. The number of nitrogens with zero attached hydrogens (tertiary/aromatic N) is 1. The molecule has 0 saturated heterocycles. The highest BCUT2D eigenvalue weighted by Gasteiger charge is 2.15. The van der Waals surface area contributed by atoms with Crippen LogP contribution in [0.15, 0.2) is 24.3 Å². The molecular formula is C17H20N2O2S. The summed E-state index contributed by atoms with van der Waals surface area (Å²) in [4.78, 5) is 17.1. The number of rotatable bonds is 4. The van der Waals surface area contributed by atoms with Gasteiger partial charge in [-0.2, -0.15) is 0 Å². The first kappa shape index (κ1) is 16.2. The van der Waals surface area contributed by atoms with Gasteiger partial charge < -0.3 is 10.1 Å². The number of benzene rings is 1. The van der Waals surface area contributed by atoms with Crippen LogP contribution in [0.5, 0.6) is 0 Å². The highest BCUT2D eigenvalue weighted by molar-refractivity contribution is 7.17. The maximum atomic E-state index is 11.5. The molecule has 1 heterocycles. The van der Waals surface area contributed by atoms with Gasteiger partial charge >= 0.3 is 5.97 Å². The molecule has 0 bridgehead atoms. The number of aromatic nitrogens is 1. The summed E-state index contributed by atoms with van der Waals surface area (Å²) in [7, 11) is 3.22. The van der Waals surface area contributed by atoms with Crippen LogP contribution in [0.2, 0.25) is 0 Å². The number of ether oxygens (including phenoxy) is 1. The van der Waals surface area contributed by atoms with E-state index < -0.39 is 0 Å². The average molecular weight is 316 g/mol. The van der Waals surface area contributed by atoms with Gasteiger partial charge in [0.1, 0.15) is 0 Å². The molecule has 0 aliphatic carbocycles. The molecule has 5 heteroatoms. The molecule has 0 fully saturated rings. The van der Waals surface area contributed by atoms with Crippen molar-refractivity contribution in [2.24, 2.45) is 0 Å². The van der Waals surface area contributed by atoms with Crippen molar-refractivity contribution >= 4 is 28.0 Å². The summed E-state index contributed by atoms with van der Waals surface area (Å²) in [5.41, 5.74) is 5.25. The Bertz CT molecular complexity index is 732. The zero-order chi connectivity index (χ0) is 16.3. The molecule has 0 aliphatic heterocycles. The second-order valence-corrected chi connectivity index (χ2v) is 6.10. The van der Waals surface area contributed by atoms with Crippen LogP contribution in [-0.2, 0) is 9.53 Å². The highest BCUT2D eigenvalue weighted by Crippen LogP contribution is 2.36. The van der Waals surface area contributed by atoms with Gasteiger partial charge in [0.05, 0.1) is 17.7 Å². The van der Waals surface area contributed by atoms with Crippen molar-refractivity contribution in [1.82, 2.24) is 4.98 Å². The van der Waals surface area contributed by atoms with Crippen molar-refractivity contribution in [3.05, 3.63) is 40.3 Å². The van der Waals surface area contributed by atoms with Gasteiger partial charge in [0.2, 0.25) is 0 Å². The number of carbonyl (C=O) groups is 1. The van der Waals surface area contributed by atoms with Crippen molar-refractivity contribution < 1.29 is 9.53 Å². The Kier molecular flexibility index (Phi) is 4.98. The standard InChI is InChI=1S/C17H20N2O2S/c1-10-6-7-13(8-11(10)2)15-16(22-17(18-4)19-15)12(3)9-14(20)21-5/h6-9H,1-5H3,(H,18,19)/b12-9+. The second kappa shape index (κ2) is 6.75. The third-order valence-corrected chi connectivity index (χ3v) is 4.72. The molecule has 4 nitrogen and oxygen atoms in total. The van der Waals surface area contributed by atoms with Crippen LogP contribution in [0.25, 0.3) is 16.8 Å². The minimum absolute atomic E-state index is 0.358. The summed E-state index contributed by atoms with van der Waals surface area (Å²) in [6.45, 7) is 6.07. The third kappa shape index (κ3) is 3.36. The van der Waals surface area contributed by atoms with Crippen LogP contribution < -0.4 is 5.32 Å². The molecule has 1 N–H and O–H groups in total. The van der Waals surface area contributed by atoms with Crippen molar-refractivity contribution in [2.75, 3.05) is 19.5 Å². The van der Waals surface area contributed by atoms with Crippen molar-refractivity contribution in [3.63, 3.8) is 0 Å². The molecule has 0 atom stereocenters. The molecule has 2 aromatic rings. The van der Waals surface area contributed by atoms with Gasteiger partial charge in [-0.3, -0.25) is 0 Å². The number of nitrogens with one attached hydrogen (secondary N) is 1. The quantitative estimate of drug-likeness (QED) is 0.683. The molecular weight excluding hydrogens is 296 g/mol. The van der Waals surface area contributed by atoms with Crippen LogP contribution in [0, 0.1) is 13.8 Å². The van der Waals surface area contributed by atoms with Gasteiger partial charge in [0.15, 0.2) is 5.13 Å². The summed E-state index contributed by atoms with van der Waals surface area (Å²) in [6, 6.07) is 6.27. The maximum Gasteiger partial charge on any atom is 0.330 e. The van der Waals surface area contributed by atoms with E-state index in [0.717, 1.165) is 26.8 Å². The SMILES string of the molecule is CNc1nc(-c2ccc(C)c(C)c2)c(/C(C)=C/C(=O)OC)s1. The normalized spacial score (nSPS) is 11.4. The van der Waals surface area contributed by atoms with Crippen molar-refractivity contribution in [2.45, 2.75) is 20.8 Å². The third-order valence-electron chi connectivity index (χ3n) is 3.52. The van der Waals surface area contributed by atoms with Crippen molar-refractivity contribution in [3.8, 4) is 11.3 Å². The summed E-state index contributed by atoms with van der Waals surface area (Å²) in [5.74, 6) is -0.358. The fourth-order valence-corrected chi connectivity index (χ4v) is 2.99. The zero-order valence-corrected chi connectivity index (χ0v) is 14.3. The van der Waals surface area contributed by atoms with Crippen LogP contribution in [0.3, 0.4) is 0 Å². The van der Waals surface area contributed by atoms with E-state index in [1.54, 1.807) is 0 Å². The molecule has 0 aliphatic rings. The predicted molar refractivity (Wildman–Crippen MR) is 92.2 cm³/mol. The van der Waals surface area contributed by atoms with E-state index >= 15 is 0 Å².